The maximum Gasteiger partial charge on any atom is 0.231 e. The number of nitrogens with one attached hydrogen (secondary N) is 2. The summed E-state index contributed by atoms with van der Waals surface area (Å²) in [7, 11) is 0. The summed E-state index contributed by atoms with van der Waals surface area (Å²) in [5.41, 5.74) is 1.26. The average Bonchev–Trinajstić information content (AvgIpc) is 2.94. The molecule has 2 saturated heterocycles. The summed E-state index contributed by atoms with van der Waals surface area (Å²) in [6, 6.07) is 7.57. The molecule has 3 rings (SSSR count). The topological polar surface area (TPSA) is 61.4 Å². The minimum atomic E-state index is -0.363. The van der Waals surface area contributed by atoms with Crippen LogP contribution >= 0.6 is 0 Å². The van der Waals surface area contributed by atoms with Gasteiger partial charge in [-0.3, -0.25) is 9.59 Å². The zero-order valence-corrected chi connectivity index (χ0v) is 13.0. The maximum atomic E-state index is 12.6. The van der Waals surface area contributed by atoms with Crippen molar-refractivity contribution in [1.29, 1.82) is 0 Å². The predicted molar refractivity (Wildman–Crippen MR) is 86.9 cm³/mol. The summed E-state index contributed by atoms with van der Waals surface area (Å²) in [5, 5.41) is 6.30. The molecule has 1 aromatic rings. The molecule has 2 amide bonds. The van der Waals surface area contributed by atoms with E-state index in [0.717, 1.165) is 43.7 Å². The van der Waals surface area contributed by atoms with Gasteiger partial charge in [0.25, 0.3) is 0 Å². The largest absolute Gasteiger partial charge is 0.326 e. The highest BCUT2D eigenvalue weighted by molar-refractivity contribution is 5.98. The fourth-order valence-corrected chi connectivity index (χ4v) is 3.20. The van der Waals surface area contributed by atoms with E-state index in [1.54, 1.807) is 4.90 Å². The lowest BCUT2D eigenvalue weighted by atomic mass is 9.82. The van der Waals surface area contributed by atoms with E-state index in [2.05, 4.69) is 10.6 Å². The molecule has 0 bridgehead atoms. The molecule has 2 N–H and O–H groups in total. The molecule has 2 aliphatic heterocycles. The number of anilines is 2. The van der Waals surface area contributed by atoms with Gasteiger partial charge in [0.2, 0.25) is 11.8 Å². The molecule has 2 heterocycles. The summed E-state index contributed by atoms with van der Waals surface area (Å²) in [4.78, 5) is 26.2. The van der Waals surface area contributed by atoms with Gasteiger partial charge in [-0.1, -0.05) is 6.07 Å². The van der Waals surface area contributed by atoms with Gasteiger partial charge in [0, 0.05) is 30.9 Å². The number of nitrogens with zero attached hydrogens (tertiary/aromatic N) is 1. The Balaban J connectivity index is 1.72. The maximum absolute atomic E-state index is 12.6. The van der Waals surface area contributed by atoms with E-state index in [4.69, 9.17) is 0 Å². The van der Waals surface area contributed by atoms with Gasteiger partial charge >= 0.3 is 0 Å². The summed E-state index contributed by atoms with van der Waals surface area (Å²) < 4.78 is 0. The second-order valence-corrected chi connectivity index (χ2v) is 6.49. The number of amides is 2. The van der Waals surface area contributed by atoms with Crippen molar-refractivity contribution in [3.63, 3.8) is 0 Å². The van der Waals surface area contributed by atoms with Crippen LogP contribution in [0.2, 0.25) is 0 Å². The Labute approximate surface area is 131 Å². The molecule has 2 fully saturated rings. The second kappa shape index (κ2) is 6.08. The monoisotopic (exact) mass is 301 g/mol. The smallest absolute Gasteiger partial charge is 0.231 e. The van der Waals surface area contributed by atoms with Gasteiger partial charge in [0.1, 0.15) is 0 Å². The van der Waals surface area contributed by atoms with Crippen molar-refractivity contribution in [3.8, 4) is 0 Å². The first kappa shape index (κ1) is 15.0. The number of carbonyl (C=O) groups excluding carboxylic acids is 2. The van der Waals surface area contributed by atoms with Gasteiger partial charge in [-0.05, 0) is 50.9 Å². The Hall–Kier alpha value is -1.88. The molecule has 5 heteroatoms. The van der Waals surface area contributed by atoms with Crippen LogP contribution in [0.25, 0.3) is 0 Å². The molecule has 0 spiro atoms. The molecule has 0 saturated carbocycles. The number of hydrogen-bond donors (Lipinski definition) is 2. The van der Waals surface area contributed by atoms with Crippen molar-refractivity contribution >= 4 is 23.2 Å². The number of carbonyl (C=O) groups is 2. The lowest BCUT2D eigenvalue weighted by Crippen LogP contribution is -2.46. The minimum absolute atomic E-state index is 0.0459. The van der Waals surface area contributed by atoms with Crippen molar-refractivity contribution in [2.45, 2.75) is 32.6 Å². The molecule has 1 aromatic carbocycles. The summed E-state index contributed by atoms with van der Waals surface area (Å²) >= 11 is 0. The third-order valence-corrected chi connectivity index (χ3v) is 4.63. The molecule has 0 radical (unpaired) electrons. The third kappa shape index (κ3) is 2.99. The molecule has 118 valence electrons. The Morgan fingerprint density at radius 2 is 2.23 bits per heavy atom. The zero-order valence-electron chi connectivity index (χ0n) is 13.0. The Bertz CT molecular complexity index is 579. The van der Waals surface area contributed by atoms with Gasteiger partial charge < -0.3 is 15.5 Å². The number of benzene rings is 1. The lowest BCUT2D eigenvalue weighted by Gasteiger charge is -2.32. The van der Waals surface area contributed by atoms with Crippen LogP contribution in [0.5, 0.6) is 0 Å². The highest BCUT2D eigenvalue weighted by Gasteiger charge is 2.34. The van der Waals surface area contributed by atoms with Gasteiger partial charge in [0.05, 0.1) is 5.41 Å². The van der Waals surface area contributed by atoms with Crippen LogP contribution in [-0.2, 0) is 9.59 Å². The highest BCUT2D eigenvalue weighted by Crippen LogP contribution is 2.29. The van der Waals surface area contributed by atoms with Crippen LogP contribution in [0.1, 0.15) is 32.6 Å². The predicted octanol–water partition coefficient (Wildman–Crippen LogP) is 2.14. The van der Waals surface area contributed by atoms with Gasteiger partial charge in [-0.15, -0.1) is 0 Å². The van der Waals surface area contributed by atoms with Crippen LogP contribution in [0.15, 0.2) is 24.3 Å². The van der Waals surface area contributed by atoms with Crippen molar-refractivity contribution in [3.05, 3.63) is 24.3 Å². The van der Waals surface area contributed by atoms with E-state index in [-0.39, 0.29) is 17.2 Å². The summed E-state index contributed by atoms with van der Waals surface area (Å²) in [6.07, 6.45) is 3.43. The Morgan fingerprint density at radius 3 is 2.91 bits per heavy atom. The van der Waals surface area contributed by atoms with Crippen LogP contribution < -0.4 is 15.5 Å². The number of piperidine rings is 1. The van der Waals surface area contributed by atoms with Crippen molar-refractivity contribution in [1.82, 2.24) is 5.32 Å². The molecular weight excluding hydrogens is 278 g/mol. The molecule has 0 aromatic heterocycles. The Morgan fingerprint density at radius 1 is 1.36 bits per heavy atom. The number of rotatable bonds is 3. The van der Waals surface area contributed by atoms with Crippen LogP contribution in [-0.4, -0.2) is 31.4 Å². The molecule has 5 nitrogen and oxygen atoms in total. The molecule has 22 heavy (non-hydrogen) atoms. The van der Waals surface area contributed by atoms with Crippen molar-refractivity contribution < 1.29 is 9.59 Å². The van der Waals surface area contributed by atoms with Gasteiger partial charge in [0.15, 0.2) is 0 Å². The van der Waals surface area contributed by atoms with E-state index in [1.807, 2.05) is 31.2 Å². The third-order valence-electron chi connectivity index (χ3n) is 4.63. The van der Waals surface area contributed by atoms with E-state index in [0.29, 0.717) is 13.0 Å². The minimum Gasteiger partial charge on any atom is -0.326 e. The Kier molecular flexibility index (Phi) is 4.16. The summed E-state index contributed by atoms with van der Waals surface area (Å²) in [6.45, 7) is 4.46. The first-order valence-corrected chi connectivity index (χ1v) is 8.01. The average molecular weight is 301 g/mol. The van der Waals surface area contributed by atoms with E-state index in [9.17, 15) is 9.59 Å². The molecule has 2 aliphatic rings. The van der Waals surface area contributed by atoms with Gasteiger partial charge in [-0.2, -0.15) is 0 Å². The second-order valence-electron chi connectivity index (χ2n) is 6.49. The normalized spacial score (nSPS) is 25.3. The van der Waals surface area contributed by atoms with Crippen molar-refractivity contribution in [2.24, 2.45) is 5.41 Å². The van der Waals surface area contributed by atoms with E-state index >= 15 is 0 Å². The SMILES string of the molecule is CC1(C(=O)Nc2cccc(N3CCCC3=O)c2)CCCNC1. The van der Waals surface area contributed by atoms with Crippen LogP contribution in [0.4, 0.5) is 11.4 Å². The summed E-state index contributed by atoms with van der Waals surface area (Å²) in [5.74, 6) is 0.205. The molecular formula is C17H23N3O2. The molecule has 1 atom stereocenters. The van der Waals surface area contributed by atoms with Crippen molar-refractivity contribution in [2.75, 3.05) is 29.9 Å². The lowest BCUT2D eigenvalue weighted by molar-refractivity contribution is -0.125. The first-order valence-electron chi connectivity index (χ1n) is 8.01. The first-order chi connectivity index (χ1) is 10.6. The molecule has 0 aliphatic carbocycles. The number of hydrogen-bond acceptors (Lipinski definition) is 3. The quantitative estimate of drug-likeness (QED) is 0.899. The standard InChI is InChI=1S/C17H23N3O2/c1-17(8-4-9-18-12-17)16(22)19-13-5-2-6-14(11-13)20-10-3-7-15(20)21/h2,5-6,11,18H,3-4,7-10,12H2,1H3,(H,19,22). The fourth-order valence-electron chi connectivity index (χ4n) is 3.20. The van der Waals surface area contributed by atoms with E-state index < -0.39 is 0 Å². The van der Waals surface area contributed by atoms with Crippen LogP contribution in [0, 0.1) is 5.41 Å². The zero-order chi connectivity index (χ0) is 15.6. The van der Waals surface area contributed by atoms with E-state index in [1.165, 1.54) is 0 Å². The molecule has 1 unspecified atom stereocenters. The van der Waals surface area contributed by atoms with Gasteiger partial charge in [-0.25, -0.2) is 0 Å². The van der Waals surface area contributed by atoms with Crippen LogP contribution in [0.3, 0.4) is 0 Å². The highest BCUT2D eigenvalue weighted by atomic mass is 16.2. The fraction of sp³-hybridized carbons (Fsp3) is 0.529.